The molecule has 1 aliphatic rings. The summed E-state index contributed by atoms with van der Waals surface area (Å²) < 4.78 is 12.8. The number of furan rings is 1. The third kappa shape index (κ3) is 5.52. The van der Waals surface area contributed by atoms with E-state index in [9.17, 15) is 0 Å². The fourth-order valence-corrected chi connectivity index (χ4v) is 7.34. The van der Waals surface area contributed by atoms with Crippen LogP contribution >= 0.6 is 0 Å². The van der Waals surface area contributed by atoms with Gasteiger partial charge in [0.1, 0.15) is 16.7 Å². The van der Waals surface area contributed by atoms with Crippen molar-refractivity contribution in [2.24, 2.45) is 5.92 Å². The first-order valence-corrected chi connectivity index (χ1v) is 17.9. The predicted molar refractivity (Wildman–Crippen MR) is 213 cm³/mol. The molecule has 3 heterocycles. The molecular formula is C47H32N4O2. The van der Waals surface area contributed by atoms with Gasteiger partial charge in [0.2, 0.25) is 5.89 Å². The molecule has 0 saturated carbocycles. The van der Waals surface area contributed by atoms with Crippen LogP contribution in [-0.2, 0) is 0 Å². The molecule has 0 saturated heterocycles. The van der Waals surface area contributed by atoms with Crippen molar-refractivity contribution in [2.45, 2.75) is 13.3 Å². The molecule has 0 spiro atoms. The highest BCUT2D eigenvalue weighted by molar-refractivity contribution is 6.17. The van der Waals surface area contributed by atoms with Crippen LogP contribution in [0.5, 0.6) is 0 Å². The number of hydrogen-bond acceptors (Lipinski definition) is 6. The fraction of sp³-hybridized carbons (Fsp3) is 0.0638. The number of para-hydroxylation sites is 1. The number of rotatable bonds is 6. The summed E-state index contributed by atoms with van der Waals surface area (Å²) in [4.78, 5) is 20.2. The first-order valence-electron chi connectivity index (χ1n) is 17.9. The van der Waals surface area contributed by atoms with E-state index in [-0.39, 0.29) is 0 Å². The van der Waals surface area contributed by atoms with Gasteiger partial charge in [0.15, 0.2) is 23.1 Å². The van der Waals surface area contributed by atoms with Gasteiger partial charge in [-0.1, -0.05) is 128 Å². The second kappa shape index (κ2) is 12.7. The van der Waals surface area contributed by atoms with E-state index in [2.05, 4.69) is 55.5 Å². The maximum Gasteiger partial charge on any atom is 0.227 e. The summed E-state index contributed by atoms with van der Waals surface area (Å²) in [5, 5.41) is 2.08. The first kappa shape index (κ1) is 30.9. The number of hydrogen-bond donors (Lipinski definition) is 0. The maximum absolute atomic E-state index is 6.52. The third-order valence-electron chi connectivity index (χ3n) is 9.91. The second-order valence-corrected chi connectivity index (χ2v) is 13.5. The minimum absolute atomic E-state index is 0.307. The Bertz CT molecular complexity index is 2810. The molecule has 0 amide bonds. The summed E-state index contributed by atoms with van der Waals surface area (Å²) >= 11 is 0. The average Bonchev–Trinajstić information content (AvgIpc) is 3.84. The zero-order valence-corrected chi connectivity index (χ0v) is 28.9. The normalized spacial score (nSPS) is 14.5. The summed E-state index contributed by atoms with van der Waals surface area (Å²) in [6.07, 6.45) is 5.53. The molecule has 53 heavy (non-hydrogen) atoms. The number of fused-ring (bicyclic) bond motifs is 4. The van der Waals surface area contributed by atoms with Crippen LogP contribution in [0.4, 0.5) is 0 Å². The Morgan fingerprint density at radius 3 is 1.81 bits per heavy atom. The first-order chi connectivity index (χ1) is 26.2. The van der Waals surface area contributed by atoms with Crippen molar-refractivity contribution in [3.63, 3.8) is 0 Å². The SMILES string of the molecule is CC1C=C(c2nc(-c3ccccc3)nc(-c3ccccc3)n2)C(c2cccc3oc4ccc(-c5cccc6oc(-c7ccccc7)nc56)cc4c23)=CC1. The Labute approximate surface area is 305 Å². The van der Waals surface area contributed by atoms with Gasteiger partial charge in [-0.25, -0.2) is 19.9 Å². The van der Waals surface area contributed by atoms with Crippen LogP contribution < -0.4 is 0 Å². The molecular weight excluding hydrogens is 653 g/mol. The third-order valence-corrected chi connectivity index (χ3v) is 9.91. The Morgan fingerprint density at radius 2 is 1.11 bits per heavy atom. The summed E-state index contributed by atoms with van der Waals surface area (Å²) in [6.45, 7) is 2.23. The van der Waals surface area contributed by atoms with Gasteiger partial charge >= 0.3 is 0 Å². The van der Waals surface area contributed by atoms with Crippen LogP contribution in [0.15, 0.2) is 167 Å². The Kier molecular flexibility index (Phi) is 7.39. The van der Waals surface area contributed by atoms with Gasteiger partial charge in [0, 0.05) is 38.6 Å². The van der Waals surface area contributed by atoms with Crippen LogP contribution in [0.2, 0.25) is 0 Å². The van der Waals surface area contributed by atoms with E-state index < -0.39 is 0 Å². The number of allylic oxidation sites excluding steroid dienone is 4. The lowest BCUT2D eigenvalue weighted by Gasteiger charge is -2.21. The van der Waals surface area contributed by atoms with Crippen molar-refractivity contribution in [3.05, 3.63) is 169 Å². The summed E-state index contributed by atoms with van der Waals surface area (Å²) in [7, 11) is 0. The van der Waals surface area contributed by atoms with E-state index in [1.165, 1.54) is 0 Å². The Balaban J connectivity index is 1.13. The van der Waals surface area contributed by atoms with Gasteiger partial charge < -0.3 is 8.83 Å². The molecule has 0 aliphatic heterocycles. The van der Waals surface area contributed by atoms with Gasteiger partial charge in [-0.3, -0.25) is 0 Å². The highest BCUT2D eigenvalue weighted by Gasteiger charge is 2.24. The minimum atomic E-state index is 0.307. The molecule has 0 bridgehead atoms. The lowest BCUT2D eigenvalue weighted by Crippen LogP contribution is -2.08. The van der Waals surface area contributed by atoms with Gasteiger partial charge in [0.25, 0.3) is 0 Å². The van der Waals surface area contributed by atoms with Gasteiger partial charge in [-0.2, -0.15) is 0 Å². The largest absolute Gasteiger partial charge is 0.456 e. The zero-order valence-electron chi connectivity index (χ0n) is 28.9. The van der Waals surface area contributed by atoms with Crippen LogP contribution in [0.3, 0.4) is 0 Å². The number of benzene rings is 6. The number of nitrogens with zero attached hydrogens (tertiary/aromatic N) is 4. The van der Waals surface area contributed by atoms with Crippen LogP contribution in [0, 0.1) is 5.92 Å². The smallest absolute Gasteiger partial charge is 0.227 e. The molecule has 10 rings (SSSR count). The zero-order chi connectivity index (χ0) is 35.3. The lowest BCUT2D eigenvalue weighted by atomic mass is 9.85. The van der Waals surface area contributed by atoms with E-state index in [0.29, 0.717) is 29.3 Å². The second-order valence-electron chi connectivity index (χ2n) is 13.5. The quantitative estimate of drug-likeness (QED) is 0.173. The van der Waals surface area contributed by atoms with E-state index in [4.69, 9.17) is 28.8 Å². The van der Waals surface area contributed by atoms with Gasteiger partial charge in [-0.15, -0.1) is 0 Å². The van der Waals surface area contributed by atoms with E-state index in [0.717, 1.165) is 84.0 Å². The van der Waals surface area contributed by atoms with Crippen LogP contribution in [-0.4, -0.2) is 19.9 Å². The average molecular weight is 685 g/mol. The van der Waals surface area contributed by atoms with E-state index in [1.807, 2.05) is 109 Å². The Hall–Kier alpha value is -6.92. The predicted octanol–water partition coefficient (Wildman–Crippen LogP) is 12.1. The monoisotopic (exact) mass is 684 g/mol. The molecule has 1 unspecified atom stereocenters. The van der Waals surface area contributed by atoms with E-state index >= 15 is 0 Å². The molecule has 3 aromatic heterocycles. The van der Waals surface area contributed by atoms with E-state index in [1.54, 1.807) is 0 Å². The van der Waals surface area contributed by atoms with Crippen LogP contribution in [0.25, 0.3) is 89.5 Å². The van der Waals surface area contributed by atoms with Gasteiger partial charge in [0.05, 0.1) is 0 Å². The molecule has 0 fully saturated rings. The summed E-state index contributed by atoms with van der Waals surface area (Å²) in [5.74, 6) is 2.84. The van der Waals surface area contributed by atoms with Gasteiger partial charge in [-0.05, 0) is 65.4 Å². The van der Waals surface area contributed by atoms with Crippen molar-refractivity contribution in [1.82, 2.24) is 19.9 Å². The summed E-state index contributed by atoms with van der Waals surface area (Å²) in [5.41, 5.74) is 11.2. The Morgan fingerprint density at radius 1 is 0.491 bits per heavy atom. The van der Waals surface area contributed by atoms with Crippen molar-refractivity contribution < 1.29 is 8.83 Å². The molecule has 6 heteroatoms. The van der Waals surface area contributed by atoms with Crippen molar-refractivity contribution in [1.29, 1.82) is 0 Å². The van der Waals surface area contributed by atoms with Crippen LogP contribution in [0.1, 0.15) is 24.7 Å². The number of aromatic nitrogens is 4. The molecule has 6 aromatic carbocycles. The van der Waals surface area contributed by atoms with Crippen molar-refractivity contribution in [3.8, 4) is 45.4 Å². The molecule has 6 nitrogen and oxygen atoms in total. The van der Waals surface area contributed by atoms with Crippen molar-refractivity contribution >= 4 is 44.2 Å². The standard InChI is InChI=1S/C47H32N4O2/c1-29-23-25-35(37(27-29)46-50-44(30-13-5-2-6-14-30)49-45(51-46)31-15-7-3-8-16-31)36-20-12-21-40-42(36)38-28-33(24-26-39(38)52-40)34-19-11-22-41-43(34)48-47(53-41)32-17-9-4-10-18-32/h2-22,24-29H,23H2,1H3. The maximum atomic E-state index is 6.52. The molecule has 0 N–H and O–H groups in total. The molecule has 9 aromatic rings. The van der Waals surface area contributed by atoms with Crippen molar-refractivity contribution in [2.75, 3.05) is 0 Å². The highest BCUT2D eigenvalue weighted by atomic mass is 16.3. The topological polar surface area (TPSA) is 77.8 Å². The minimum Gasteiger partial charge on any atom is -0.456 e. The lowest BCUT2D eigenvalue weighted by molar-refractivity contribution is 0.620. The highest BCUT2D eigenvalue weighted by Crippen LogP contribution is 2.43. The molecule has 1 aliphatic carbocycles. The fourth-order valence-electron chi connectivity index (χ4n) is 7.34. The molecule has 0 radical (unpaired) electrons. The molecule has 252 valence electrons. The molecule has 1 atom stereocenters. The number of oxazole rings is 1. The summed E-state index contributed by atoms with van der Waals surface area (Å²) in [6, 6.07) is 49.0.